The van der Waals surface area contributed by atoms with Crippen molar-refractivity contribution in [3.8, 4) is 34.5 Å². The van der Waals surface area contributed by atoms with E-state index in [1.807, 2.05) is 111 Å². The van der Waals surface area contributed by atoms with E-state index in [2.05, 4.69) is 110 Å². The molecule has 6 aromatic rings. The predicted molar refractivity (Wildman–Crippen MR) is 267 cm³/mol. The topological polar surface area (TPSA) is 46.2 Å². The quantitative estimate of drug-likeness (QED) is 0.0763. The van der Waals surface area contributed by atoms with E-state index >= 15 is 0 Å². The molecule has 6 rings (SSSR count). The molecule has 0 amide bonds. The van der Waals surface area contributed by atoms with Gasteiger partial charge in [0.1, 0.15) is 23.0 Å². The monoisotopic (exact) mass is 1010 g/mol. The summed E-state index contributed by atoms with van der Waals surface area (Å²) in [5.74, 6) is 4.25. The van der Waals surface area contributed by atoms with Crippen LogP contribution in [0.2, 0.25) is 10.0 Å². The fraction of sp³-hybridized carbons (Fsp3) is 0.333. The summed E-state index contributed by atoms with van der Waals surface area (Å²) in [4.78, 5) is 0. The molecule has 5 nitrogen and oxygen atoms in total. The Labute approximate surface area is 401 Å². The van der Waals surface area contributed by atoms with Gasteiger partial charge in [-0.25, -0.2) is 0 Å². The Kier molecular flexibility index (Phi) is 16.8. The molecule has 9 heteroatoms. The number of benzene rings is 6. The predicted octanol–water partition coefficient (Wildman–Crippen LogP) is 18.0. The first-order valence-electron chi connectivity index (χ1n) is 21.7. The highest BCUT2D eigenvalue weighted by Crippen LogP contribution is 2.47. The van der Waals surface area contributed by atoms with E-state index in [1.54, 1.807) is 0 Å². The minimum Gasteiger partial charge on any atom is -0.488 e. The van der Waals surface area contributed by atoms with Gasteiger partial charge in [-0.15, -0.1) is 0 Å². The van der Waals surface area contributed by atoms with Crippen LogP contribution in [0.5, 0.6) is 34.5 Å². The van der Waals surface area contributed by atoms with E-state index in [1.165, 1.54) is 0 Å². The van der Waals surface area contributed by atoms with E-state index in [9.17, 15) is 0 Å². The molecule has 0 spiro atoms. The van der Waals surface area contributed by atoms with Crippen LogP contribution in [0.1, 0.15) is 116 Å². The van der Waals surface area contributed by atoms with Crippen LogP contribution in [-0.4, -0.2) is 12.2 Å². The van der Waals surface area contributed by atoms with E-state index < -0.39 is 23.0 Å². The van der Waals surface area contributed by atoms with Gasteiger partial charge >= 0.3 is 0 Å². The molecule has 0 aromatic heterocycles. The summed E-state index contributed by atoms with van der Waals surface area (Å²) in [6.07, 6.45) is 2.16. The number of halogens is 4. The molecular formula is C54H58Br2Cl2O5. The van der Waals surface area contributed by atoms with Gasteiger partial charge in [0, 0.05) is 0 Å². The third-order valence-corrected chi connectivity index (χ3v) is 13.2. The van der Waals surface area contributed by atoms with Gasteiger partial charge in [0.2, 0.25) is 0 Å². The Hall–Kier alpha value is -3.98. The molecule has 6 aromatic carbocycles. The lowest BCUT2D eigenvalue weighted by Crippen LogP contribution is -2.27. The van der Waals surface area contributed by atoms with Crippen molar-refractivity contribution in [2.24, 2.45) is 0 Å². The smallest absolute Gasteiger partial charge is 0.152 e. The molecule has 0 bridgehead atoms. The summed E-state index contributed by atoms with van der Waals surface area (Å²) >= 11 is 21.6. The third kappa shape index (κ3) is 13.1. The molecule has 0 radical (unpaired) electrons. The van der Waals surface area contributed by atoms with Gasteiger partial charge in [-0.1, -0.05) is 125 Å². The van der Waals surface area contributed by atoms with Crippen molar-refractivity contribution >= 4 is 55.1 Å². The molecule has 0 fully saturated rings. The van der Waals surface area contributed by atoms with Crippen LogP contribution in [-0.2, 0) is 15.6 Å². The summed E-state index contributed by atoms with van der Waals surface area (Å²) in [5, 5.41) is 1.12. The molecule has 0 aliphatic rings. The van der Waals surface area contributed by atoms with Gasteiger partial charge in [-0.2, -0.15) is 0 Å². The SMILES string of the molecule is CCC(C)Oc1c(Cl)cc(C(C)(C)CC(OC(CC(C)(C)c2cc(Cl)c(OC(C)CC)c(Br)c2)c2cccc(Oc3ccccc3)c2)c2cccc(Oc3ccccc3)c2)cc1Br. The molecule has 0 heterocycles. The van der Waals surface area contributed by atoms with Gasteiger partial charge < -0.3 is 23.7 Å². The average molecular weight is 1020 g/mol. The summed E-state index contributed by atoms with van der Waals surface area (Å²) in [5.41, 5.74) is 3.21. The Morgan fingerprint density at radius 2 is 0.857 bits per heavy atom. The third-order valence-electron chi connectivity index (χ3n) is 11.5. The second-order valence-corrected chi connectivity index (χ2v) is 20.0. The standard InChI is InChI=1S/C54H58Br2Cl2O5/c1-9-35(3)59-51-45(55)29-39(31-47(51)57)53(5,6)33-49(37-19-17-25-43(27-37)61-41-21-13-11-14-22-41)63-50(38-20-18-26-44(28-38)62-42-23-15-12-16-24-42)34-54(7,8)40-30-46(56)52(48(58)32-40)60-36(4)10-2/h11-32,35-36,49-50H,9-10,33-34H2,1-8H3. The number of hydrogen-bond donors (Lipinski definition) is 0. The maximum absolute atomic E-state index is 7.60. The van der Waals surface area contributed by atoms with Crippen LogP contribution in [0.4, 0.5) is 0 Å². The fourth-order valence-corrected chi connectivity index (χ4v) is 9.21. The van der Waals surface area contributed by atoms with Crippen molar-refractivity contribution in [1.29, 1.82) is 0 Å². The fourth-order valence-electron chi connectivity index (χ4n) is 7.35. The van der Waals surface area contributed by atoms with Crippen LogP contribution in [0.15, 0.2) is 142 Å². The molecule has 63 heavy (non-hydrogen) atoms. The van der Waals surface area contributed by atoms with Gasteiger partial charge in [-0.3, -0.25) is 0 Å². The number of rotatable bonds is 20. The molecule has 4 atom stereocenters. The second kappa shape index (κ2) is 21.8. The zero-order valence-corrected chi connectivity index (χ0v) is 42.1. The van der Waals surface area contributed by atoms with Crippen molar-refractivity contribution in [3.05, 3.63) is 175 Å². The van der Waals surface area contributed by atoms with Crippen LogP contribution in [0.3, 0.4) is 0 Å². The maximum Gasteiger partial charge on any atom is 0.152 e. The van der Waals surface area contributed by atoms with E-state index in [0.29, 0.717) is 34.4 Å². The summed E-state index contributed by atoms with van der Waals surface area (Å²) in [6, 6.07) is 44.4. The van der Waals surface area contributed by atoms with Crippen LogP contribution in [0.25, 0.3) is 0 Å². The van der Waals surface area contributed by atoms with Crippen LogP contribution in [0, 0.1) is 0 Å². The molecular weight excluding hydrogens is 959 g/mol. The summed E-state index contributed by atoms with van der Waals surface area (Å²) in [6.45, 7) is 17.2. The average Bonchev–Trinajstić information content (AvgIpc) is 3.26. The molecule has 0 aliphatic heterocycles. The molecule has 0 saturated carbocycles. The summed E-state index contributed by atoms with van der Waals surface area (Å²) < 4.78 is 34.5. The first-order chi connectivity index (χ1) is 30.0. The Morgan fingerprint density at radius 3 is 1.21 bits per heavy atom. The van der Waals surface area contributed by atoms with Gasteiger partial charge in [0.15, 0.2) is 11.5 Å². The van der Waals surface area contributed by atoms with Gasteiger partial charge in [0.25, 0.3) is 0 Å². The lowest BCUT2D eigenvalue weighted by molar-refractivity contribution is -0.0413. The number of hydrogen-bond acceptors (Lipinski definition) is 5. The highest BCUT2D eigenvalue weighted by molar-refractivity contribution is 9.11. The Bertz CT molecular complexity index is 2210. The highest BCUT2D eigenvalue weighted by atomic mass is 79.9. The van der Waals surface area contributed by atoms with Crippen molar-refractivity contribution in [2.75, 3.05) is 0 Å². The normalized spacial score (nSPS) is 13.8. The number of para-hydroxylation sites is 2. The molecule has 332 valence electrons. The Morgan fingerprint density at radius 1 is 0.492 bits per heavy atom. The Balaban J connectivity index is 1.44. The first kappa shape index (κ1) is 48.5. The minimum atomic E-state index is -0.426. The van der Waals surface area contributed by atoms with Crippen molar-refractivity contribution < 1.29 is 23.7 Å². The minimum absolute atomic E-state index is 0.0202. The van der Waals surface area contributed by atoms with Gasteiger partial charge in [-0.05, 0) is 177 Å². The van der Waals surface area contributed by atoms with E-state index in [4.69, 9.17) is 46.9 Å². The highest BCUT2D eigenvalue weighted by Gasteiger charge is 2.35. The zero-order valence-electron chi connectivity index (χ0n) is 37.4. The second-order valence-electron chi connectivity index (χ2n) is 17.5. The largest absolute Gasteiger partial charge is 0.488 e. The van der Waals surface area contributed by atoms with Crippen molar-refractivity contribution in [2.45, 2.75) is 116 Å². The van der Waals surface area contributed by atoms with Gasteiger partial charge in [0.05, 0.1) is 43.4 Å². The molecule has 0 saturated heterocycles. The van der Waals surface area contributed by atoms with Crippen molar-refractivity contribution in [1.82, 2.24) is 0 Å². The molecule has 4 unspecified atom stereocenters. The lowest BCUT2D eigenvalue weighted by atomic mass is 9.77. The maximum atomic E-state index is 7.60. The van der Waals surface area contributed by atoms with E-state index in [-0.39, 0.29) is 12.2 Å². The number of ether oxygens (including phenoxy) is 5. The molecule has 0 N–H and O–H groups in total. The molecule has 0 aliphatic carbocycles. The zero-order chi connectivity index (χ0) is 45.3. The lowest BCUT2D eigenvalue weighted by Gasteiger charge is -2.36. The van der Waals surface area contributed by atoms with Crippen LogP contribution >= 0.6 is 55.1 Å². The van der Waals surface area contributed by atoms with Crippen molar-refractivity contribution in [3.63, 3.8) is 0 Å². The first-order valence-corrected chi connectivity index (χ1v) is 24.0. The summed E-state index contributed by atoms with van der Waals surface area (Å²) in [7, 11) is 0. The van der Waals surface area contributed by atoms with E-state index in [0.717, 1.165) is 67.0 Å². The van der Waals surface area contributed by atoms with Crippen LogP contribution < -0.4 is 18.9 Å².